The van der Waals surface area contributed by atoms with Gasteiger partial charge in [-0.25, -0.2) is 0 Å². The molecule has 0 saturated carbocycles. The maximum absolute atomic E-state index is 5.68. The maximum atomic E-state index is 5.68. The van der Waals surface area contributed by atoms with Crippen LogP contribution in [0.5, 0.6) is 0 Å². The number of rotatable bonds is 0. The number of hydrogen-bond acceptors (Lipinski definition) is 1. The average Bonchev–Trinajstić information content (AvgIpc) is 1.95. The summed E-state index contributed by atoms with van der Waals surface area (Å²) in [5, 5.41) is 0. The van der Waals surface area contributed by atoms with Crippen LogP contribution in [0.3, 0.4) is 0 Å². The Morgan fingerprint density at radius 1 is 1.45 bits per heavy atom. The van der Waals surface area contributed by atoms with Crippen LogP contribution in [0.4, 0.5) is 0 Å². The first-order valence-electron chi connectivity index (χ1n) is 4.00. The predicted octanol–water partition coefficient (Wildman–Crippen LogP) is 2.37. The van der Waals surface area contributed by atoms with Crippen LogP contribution in [0.1, 0.15) is 20.3 Å². The van der Waals surface area contributed by atoms with E-state index in [0.717, 1.165) is 12.1 Å². The largest absolute Gasteiger partial charge is 0.399 e. The van der Waals surface area contributed by atoms with Crippen molar-refractivity contribution in [3.8, 4) is 0 Å². The van der Waals surface area contributed by atoms with E-state index >= 15 is 0 Å². The van der Waals surface area contributed by atoms with Crippen LogP contribution in [0, 0.1) is 5.92 Å². The second-order valence-corrected chi connectivity index (χ2v) is 3.16. The van der Waals surface area contributed by atoms with Gasteiger partial charge in [0.15, 0.2) is 0 Å². The third kappa shape index (κ3) is 2.62. The zero-order valence-corrected chi connectivity index (χ0v) is 7.17. The fourth-order valence-electron chi connectivity index (χ4n) is 1.19. The van der Waals surface area contributed by atoms with Gasteiger partial charge in [0, 0.05) is 5.70 Å². The van der Waals surface area contributed by atoms with Crippen molar-refractivity contribution in [2.75, 3.05) is 0 Å². The molecule has 0 bridgehead atoms. The molecule has 11 heavy (non-hydrogen) atoms. The summed E-state index contributed by atoms with van der Waals surface area (Å²) >= 11 is 0. The van der Waals surface area contributed by atoms with Crippen molar-refractivity contribution in [2.24, 2.45) is 11.7 Å². The van der Waals surface area contributed by atoms with E-state index in [-0.39, 0.29) is 0 Å². The van der Waals surface area contributed by atoms with E-state index in [0.29, 0.717) is 5.92 Å². The molecule has 60 valence electrons. The first-order chi connectivity index (χ1) is 5.18. The van der Waals surface area contributed by atoms with Crippen LogP contribution in [-0.4, -0.2) is 0 Å². The van der Waals surface area contributed by atoms with E-state index in [1.807, 2.05) is 6.08 Å². The van der Waals surface area contributed by atoms with Gasteiger partial charge in [0.1, 0.15) is 0 Å². The summed E-state index contributed by atoms with van der Waals surface area (Å²) in [5.74, 6) is 0.610. The lowest BCUT2D eigenvalue weighted by atomic mass is 10.0. The summed E-state index contributed by atoms with van der Waals surface area (Å²) < 4.78 is 0. The van der Waals surface area contributed by atoms with Crippen molar-refractivity contribution in [3.05, 3.63) is 35.6 Å². The number of nitrogens with two attached hydrogens (primary N) is 1. The zero-order valence-electron chi connectivity index (χ0n) is 7.17. The molecular weight excluding hydrogens is 134 g/mol. The highest BCUT2D eigenvalue weighted by molar-refractivity contribution is 5.27. The van der Waals surface area contributed by atoms with Gasteiger partial charge in [-0.3, -0.25) is 0 Å². The van der Waals surface area contributed by atoms with E-state index < -0.39 is 0 Å². The Hall–Kier alpha value is -0.980. The molecule has 1 rings (SSSR count). The second-order valence-electron chi connectivity index (χ2n) is 3.16. The van der Waals surface area contributed by atoms with Gasteiger partial charge < -0.3 is 5.73 Å². The molecule has 2 N–H and O–H groups in total. The quantitative estimate of drug-likeness (QED) is 0.562. The average molecular weight is 149 g/mol. The summed E-state index contributed by atoms with van der Waals surface area (Å²) in [5.41, 5.74) is 7.85. The molecule has 1 unspecified atom stereocenters. The van der Waals surface area contributed by atoms with Crippen molar-refractivity contribution in [1.82, 2.24) is 0 Å². The second kappa shape index (κ2) is 3.42. The Bertz CT molecular complexity index is 221. The molecule has 0 heterocycles. The smallest absolute Gasteiger partial charge is 0.0273 e. The summed E-state index contributed by atoms with van der Waals surface area (Å²) in [4.78, 5) is 0. The molecule has 1 aliphatic carbocycles. The monoisotopic (exact) mass is 149 g/mol. The molecular formula is C10H15N. The molecule has 1 nitrogen and oxygen atoms in total. The minimum absolute atomic E-state index is 0.610. The van der Waals surface area contributed by atoms with E-state index in [2.05, 4.69) is 32.1 Å². The van der Waals surface area contributed by atoms with E-state index in [9.17, 15) is 0 Å². The maximum Gasteiger partial charge on any atom is 0.0273 e. The SMILES string of the molecule is CC1=C/C(C)C/C=C(N)/C=C\1. The van der Waals surface area contributed by atoms with Crippen LogP contribution < -0.4 is 5.73 Å². The van der Waals surface area contributed by atoms with Gasteiger partial charge in [0.2, 0.25) is 0 Å². The van der Waals surface area contributed by atoms with Gasteiger partial charge in [-0.2, -0.15) is 0 Å². The van der Waals surface area contributed by atoms with Gasteiger partial charge in [-0.1, -0.05) is 30.7 Å². The highest BCUT2D eigenvalue weighted by Crippen LogP contribution is 2.13. The van der Waals surface area contributed by atoms with Crippen molar-refractivity contribution in [2.45, 2.75) is 20.3 Å². The van der Waals surface area contributed by atoms with Crippen LogP contribution in [-0.2, 0) is 0 Å². The Morgan fingerprint density at radius 2 is 2.18 bits per heavy atom. The predicted molar refractivity (Wildman–Crippen MR) is 48.9 cm³/mol. The van der Waals surface area contributed by atoms with Crippen molar-refractivity contribution in [1.29, 1.82) is 0 Å². The van der Waals surface area contributed by atoms with E-state index in [1.54, 1.807) is 0 Å². The Kier molecular flexibility index (Phi) is 2.53. The van der Waals surface area contributed by atoms with Crippen LogP contribution >= 0.6 is 0 Å². The van der Waals surface area contributed by atoms with Gasteiger partial charge in [-0.05, 0) is 25.3 Å². The Morgan fingerprint density at radius 3 is 2.91 bits per heavy atom. The summed E-state index contributed by atoms with van der Waals surface area (Å²) in [7, 11) is 0. The minimum Gasteiger partial charge on any atom is -0.399 e. The third-order valence-electron chi connectivity index (χ3n) is 1.81. The number of allylic oxidation sites excluding steroid dienone is 5. The molecule has 0 spiro atoms. The summed E-state index contributed by atoms with van der Waals surface area (Å²) in [6.07, 6.45) is 9.40. The molecule has 0 saturated heterocycles. The highest BCUT2D eigenvalue weighted by Gasteiger charge is 1.98. The fraction of sp³-hybridized carbons (Fsp3) is 0.400. The number of hydrogen-bond donors (Lipinski definition) is 1. The topological polar surface area (TPSA) is 26.0 Å². The van der Waals surface area contributed by atoms with Gasteiger partial charge >= 0.3 is 0 Å². The normalized spacial score (nSPS) is 37.5. The lowest BCUT2D eigenvalue weighted by Gasteiger charge is -2.06. The first-order valence-corrected chi connectivity index (χ1v) is 4.00. The molecule has 0 aromatic carbocycles. The lowest BCUT2D eigenvalue weighted by Crippen LogP contribution is -1.98. The molecule has 0 fully saturated rings. The Balaban J connectivity index is 2.82. The Labute approximate surface area is 68.3 Å². The van der Waals surface area contributed by atoms with Gasteiger partial charge in [0.05, 0.1) is 0 Å². The molecule has 0 aromatic heterocycles. The van der Waals surface area contributed by atoms with E-state index in [1.165, 1.54) is 5.57 Å². The zero-order chi connectivity index (χ0) is 8.27. The summed E-state index contributed by atoms with van der Waals surface area (Å²) in [6.45, 7) is 4.30. The molecule has 1 heteroatoms. The molecule has 1 aliphatic rings. The van der Waals surface area contributed by atoms with Gasteiger partial charge in [0.25, 0.3) is 0 Å². The third-order valence-corrected chi connectivity index (χ3v) is 1.81. The van der Waals surface area contributed by atoms with Crippen molar-refractivity contribution >= 4 is 0 Å². The fourth-order valence-corrected chi connectivity index (χ4v) is 1.19. The lowest BCUT2D eigenvalue weighted by molar-refractivity contribution is 0.735. The minimum atomic E-state index is 0.610. The highest BCUT2D eigenvalue weighted by atomic mass is 14.5. The molecule has 0 aromatic rings. The summed E-state index contributed by atoms with van der Waals surface area (Å²) in [6, 6.07) is 0. The van der Waals surface area contributed by atoms with Crippen LogP contribution in [0.25, 0.3) is 0 Å². The van der Waals surface area contributed by atoms with Crippen LogP contribution in [0.2, 0.25) is 0 Å². The molecule has 0 aliphatic heterocycles. The van der Waals surface area contributed by atoms with Crippen molar-refractivity contribution in [3.63, 3.8) is 0 Å². The molecule has 1 atom stereocenters. The molecule has 0 radical (unpaired) electrons. The first kappa shape index (κ1) is 8.12. The van der Waals surface area contributed by atoms with Gasteiger partial charge in [-0.15, -0.1) is 0 Å². The van der Waals surface area contributed by atoms with Crippen molar-refractivity contribution < 1.29 is 0 Å². The standard InChI is InChI=1S/C10H15N/c1-8-3-5-10(11)6-4-9(2)7-8/h3,5-7,9H,4,11H2,1-2H3/b5-3-,8-7-,10-6-. The van der Waals surface area contributed by atoms with Crippen LogP contribution in [0.15, 0.2) is 35.6 Å². The molecule has 0 amide bonds. The van der Waals surface area contributed by atoms with E-state index in [4.69, 9.17) is 5.73 Å².